The van der Waals surface area contributed by atoms with Gasteiger partial charge in [0.15, 0.2) is 0 Å². The number of aryl methyl sites for hydroxylation is 1. The molecule has 0 bridgehead atoms. The topological polar surface area (TPSA) is 60.9 Å². The van der Waals surface area contributed by atoms with Crippen LogP contribution < -0.4 is 4.90 Å². The zero-order chi connectivity index (χ0) is 19.5. The summed E-state index contributed by atoms with van der Waals surface area (Å²) in [6, 6.07) is 8.22. The Hall–Kier alpha value is -2.37. The molecule has 6 heteroatoms. The minimum atomic E-state index is 0.0282. The maximum atomic E-state index is 13.2. The van der Waals surface area contributed by atoms with Gasteiger partial charge in [-0.3, -0.25) is 14.4 Å². The van der Waals surface area contributed by atoms with Crippen LogP contribution in [0.5, 0.6) is 0 Å². The Morgan fingerprint density at radius 2 is 1.50 bits per heavy atom. The quantitative estimate of drug-likeness (QED) is 0.751. The number of fused-ring (bicyclic) bond motifs is 1. The van der Waals surface area contributed by atoms with Crippen LogP contribution in [0, 0.1) is 11.8 Å². The summed E-state index contributed by atoms with van der Waals surface area (Å²) in [5.41, 5.74) is 2.34. The first-order valence-corrected chi connectivity index (χ1v) is 10.5. The Morgan fingerprint density at radius 1 is 0.857 bits per heavy atom. The maximum Gasteiger partial charge on any atom is 0.230 e. The van der Waals surface area contributed by atoms with Crippen LogP contribution in [-0.4, -0.2) is 60.7 Å². The first kappa shape index (κ1) is 19.0. The largest absolute Gasteiger partial charge is 0.342 e. The van der Waals surface area contributed by atoms with Gasteiger partial charge >= 0.3 is 0 Å². The number of rotatable bonds is 3. The molecular weight excluding hydrogens is 354 g/mol. The van der Waals surface area contributed by atoms with Crippen molar-refractivity contribution in [1.29, 1.82) is 0 Å². The highest BCUT2D eigenvalue weighted by Gasteiger charge is 2.35. The number of anilines is 1. The van der Waals surface area contributed by atoms with Crippen molar-refractivity contribution >= 4 is 23.9 Å². The summed E-state index contributed by atoms with van der Waals surface area (Å²) in [6.07, 6.45) is 6.08. The van der Waals surface area contributed by atoms with Crippen molar-refractivity contribution < 1.29 is 14.4 Å². The molecule has 1 saturated heterocycles. The number of carbonyl (C=O) groups excluding carboxylic acids is 3. The fourth-order valence-corrected chi connectivity index (χ4v) is 4.88. The molecule has 1 aromatic carbocycles. The predicted octanol–water partition coefficient (Wildman–Crippen LogP) is 2.07. The molecule has 1 saturated carbocycles. The molecule has 1 aliphatic carbocycles. The summed E-state index contributed by atoms with van der Waals surface area (Å²) in [5, 5.41) is 0. The minimum Gasteiger partial charge on any atom is -0.342 e. The molecule has 0 aromatic heterocycles. The average molecular weight is 383 g/mol. The van der Waals surface area contributed by atoms with E-state index in [2.05, 4.69) is 12.1 Å². The van der Waals surface area contributed by atoms with E-state index in [1.165, 1.54) is 5.56 Å². The Balaban J connectivity index is 1.33. The Kier molecular flexibility index (Phi) is 5.64. The highest BCUT2D eigenvalue weighted by Crippen LogP contribution is 2.34. The third kappa shape index (κ3) is 3.77. The summed E-state index contributed by atoms with van der Waals surface area (Å²) < 4.78 is 0. The molecule has 0 N–H and O–H groups in total. The highest BCUT2D eigenvalue weighted by atomic mass is 16.2. The van der Waals surface area contributed by atoms with Gasteiger partial charge in [-0.2, -0.15) is 0 Å². The molecule has 28 heavy (non-hydrogen) atoms. The van der Waals surface area contributed by atoms with E-state index in [1.54, 1.807) is 4.90 Å². The summed E-state index contributed by atoms with van der Waals surface area (Å²) in [7, 11) is 0. The van der Waals surface area contributed by atoms with Gasteiger partial charge in [-0.25, -0.2) is 0 Å². The molecule has 3 amide bonds. The van der Waals surface area contributed by atoms with Crippen molar-refractivity contribution in [2.45, 2.75) is 38.5 Å². The van der Waals surface area contributed by atoms with Crippen molar-refractivity contribution in [3.05, 3.63) is 29.8 Å². The molecule has 2 heterocycles. The normalized spacial score (nSPS) is 25.2. The summed E-state index contributed by atoms with van der Waals surface area (Å²) in [5.74, 6) is 0.500. The standard InChI is InChI=1S/C22H29N3O3/c26-16-23-12-14-24(15-13-23)21(27)18-7-9-19(10-8-18)22(28)25-11-3-5-17-4-1-2-6-20(17)25/h1-2,4,6,16,18-19H,3,5,7-15H2. The van der Waals surface area contributed by atoms with Gasteiger partial charge in [-0.1, -0.05) is 18.2 Å². The number of hydrogen-bond donors (Lipinski definition) is 0. The van der Waals surface area contributed by atoms with Gasteiger partial charge in [0.25, 0.3) is 0 Å². The van der Waals surface area contributed by atoms with Crippen LogP contribution in [0.1, 0.15) is 37.7 Å². The number of benzene rings is 1. The number of carbonyl (C=O) groups is 3. The molecule has 0 radical (unpaired) electrons. The smallest absolute Gasteiger partial charge is 0.230 e. The van der Waals surface area contributed by atoms with Crippen LogP contribution in [0.4, 0.5) is 5.69 Å². The van der Waals surface area contributed by atoms with Crippen molar-refractivity contribution in [1.82, 2.24) is 9.80 Å². The molecule has 150 valence electrons. The fourth-order valence-electron chi connectivity index (χ4n) is 4.88. The molecule has 0 unspecified atom stereocenters. The van der Waals surface area contributed by atoms with E-state index in [1.807, 2.05) is 21.9 Å². The molecule has 1 aromatic rings. The van der Waals surface area contributed by atoms with Crippen LogP contribution >= 0.6 is 0 Å². The van der Waals surface area contributed by atoms with Crippen LogP contribution in [0.25, 0.3) is 0 Å². The fraction of sp³-hybridized carbons (Fsp3) is 0.591. The van der Waals surface area contributed by atoms with Crippen LogP contribution in [0.3, 0.4) is 0 Å². The van der Waals surface area contributed by atoms with E-state index in [4.69, 9.17) is 0 Å². The molecule has 3 aliphatic rings. The van der Waals surface area contributed by atoms with E-state index in [9.17, 15) is 14.4 Å². The highest BCUT2D eigenvalue weighted by molar-refractivity contribution is 5.96. The minimum absolute atomic E-state index is 0.0282. The average Bonchev–Trinajstić information content (AvgIpc) is 2.78. The van der Waals surface area contributed by atoms with E-state index in [0.29, 0.717) is 26.2 Å². The van der Waals surface area contributed by atoms with Crippen LogP contribution in [0.2, 0.25) is 0 Å². The van der Waals surface area contributed by atoms with Crippen LogP contribution in [-0.2, 0) is 20.8 Å². The van der Waals surface area contributed by atoms with Crippen molar-refractivity contribution in [3.63, 3.8) is 0 Å². The van der Waals surface area contributed by atoms with Gasteiger partial charge in [0.1, 0.15) is 0 Å². The van der Waals surface area contributed by atoms with Gasteiger partial charge in [0.2, 0.25) is 18.2 Å². The van der Waals surface area contributed by atoms with Crippen molar-refractivity contribution in [2.24, 2.45) is 11.8 Å². The molecule has 2 fully saturated rings. The number of nitrogens with zero attached hydrogens (tertiary/aromatic N) is 3. The second kappa shape index (κ2) is 8.33. The van der Waals surface area contributed by atoms with Crippen molar-refractivity contribution in [3.8, 4) is 0 Å². The van der Waals surface area contributed by atoms with E-state index in [-0.39, 0.29) is 23.7 Å². The number of amides is 3. The zero-order valence-corrected chi connectivity index (χ0v) is 16.4. The van der Waals surface area contributed by atoms with Gasteiger partial charge < -0.3 is 14.7 Å². The van der Waals surface area contributed by atoms with Gasteiger partial charge in [0, 0.05) is 50.2 Å². The van der Waals surface area contributed by atoms with Crippen molar-refractivity contribution in [2.75, 3.05) is 37.6 Å². The Bertz CT molecular complexity index is 734. The second-order valence-electron chi connectivity index (χ2n) is 8.24. The second-order valence-corrected chi connectivity index (χ2v) is 8.24. The SMILES string of the molecule is O=CN1CCN(C(=O)C2CCC(C(=O)N3CCCc4ccccc43)CC2)CC1. The lowest BCUT2D eigenvalue weighted by Crippen LogP contribution is -2.50. The molecule has 0 spiro atoms. The first-order valence-electron chi connectivity index (χ1n) is 10.5. The summed E-state index contributed by atoms with van der Waals surface area (Å²) >= 11 is 0. The number of para-hydroxylation sites is 1. The Labute approximate surface area is 166 Å². The lowest BCUT2D eigenvalue weighted by Gasteiger charge is -2.38. The Morgan fingerprint density at radius 3 is 2.18 bits per heavy atom. The molecule has 4 rings (SSSR count). The van der Waals surface area contributed by atoms with Gasteiger partial charge in [-0.05, 0) is 50.2 Å². The van der Waals surface area contributed by atoms with E-state index >= 15 is 0 Å². The molecule has 6 nitrogen and oxygen atoms in total. The van der Waals surface area contributed by atoms with E-state index < -0.39 is 0 Å². The lowest BCUT2D eigenvalue weighted by atomic mass is 9.80. The summed E-state index contributed by atoms with van der Waals surface area (Å²) in [4.78, 5) is 42.4. The zero-order valence-electron chi connectivity index (χ0n) is 16.4. The monoisotopic (exact) mass is 383 g/mol. The third-order valence-corrected chi connectivity index (χ3v) is 6.58. The molecular formula is C22H29N3O3. The molecule has 2 aliphatic heterocycles. The number of piperazine rings is 1. The predicted molar refractivity (Wildman–Crippen MR) is 107 cm³/mol. The lowest BCUT2D eigenvalue weighted by molar-refractivity contribution is -0.141. The maximum absolute atomic E-state index is 13.2. The first-order chi connectivity index (χ1) is 13.7. The van der Waals surface area contributed by atoms with Crippen LogP contribution in [0.15, 0.2) is 24.3 Å². The van der Waals surface area contributed by atoms with Gasteiger partial charge in [0.05, 0.1) is 0 Å². The third-order valence-electron chi connectivity index (χ3n) is 6.58. The molecule has 0 atom stereocenters. The van der Waals surface area contributed by atoms with E-state index in [0.717, 1.165) is 57.2 Å². The summed E-state index contributed by atoms with van der Waals surface area (Å²) in [6.45, 7) is 3.30. The van der Waals surface area contributed by atoms with Gasteiger partial charge in [-0.15, -0.1) is 0 Å². The number of hydrogen-bond acceptors (Lipinski definition) is 3.